The van der Waals surface area contributed by atoms with Gasteiger partial charge in [-0.3, -0.25) is 13.9 Å². The van der Waals surface area contributed by atoms with Crippen LogP contribution >= 0.6 is 23.2 Å². The number of nitrogens with zero attached hydrogens (tertiary/aromatic N) is 2. The fourth-order valence-corrected chi connectivity index (χ4v) is 5.93. The highest BCUT2D eigenvalue weighted by molar-refractivity contribution is 7.92. The predicted octanol–water partition coefficient (Wildman–Crippen LogP) is 5.91. The van der Waals surface area contributed by atoms with E-state index in [1.165, 1.54) is 35.2 Å². The number of carbonyl (C=O) groups excluding carboxylic acids is 2. The number of anilines is 1. The SMILES string of the molecule is CC[C@@H](C)NC(=O)[C@H](CC)N(Cc1ccccc1)C(=O)CN(c1cc(Cl)ccc1Cl)S(=O)(=O)c1ccccc1. The summed E-state index contributed by atoms with van der Waals surface area (Å²) >= 11 is 12.6. The van der Waals surface area contributed by atoms with Crippen molar-refractivity contribution in [2.24, 2.45) is 0 Å². The lowest BCUT2D eigenvalue weighted by molar-refractivity contribution is -0.140. The summed E-state index contributed by atoms with van der Waals surface area (Å²) in [5.41, 5.74) is 0.872. The first-order valence-electron chi connectivity index (χ1n) is 12.7. The zero-order chi connectivity index (χ0) is 28.6. The van der Waals surface area contributed by atoms with Crippen molar-refractivity contribution < 1.29 is 18.0 Å². The number of amides is 2. The summed E-state index contributed by atoms with van der Waals surface area (Å²) in [5.74, 6) is -0.852. The van der Waals surface area contributed by atoms with Crippen LogP contribution in [0.3, 0.4) is 0 Å². The van der Waals surface area contributed by atoms with E-state index in [1.807, 2.05) is 51.1 Å². The number of benzene rings is 3. The Kier molecular flexibility index (Phi) is 10.8. The van der Waals surface area contributed by atoms with Gasteiger partial charge in [0.2, 0.25) is 11.8 Å². The van der Waals surface area contributed by atoms with Crippen LogP contribution < -0.4 is 9.62 Å². The molecule has 0 saturated carbocycles. The van der Waals surface area contributed by atoms with Gasteiger partial charge in [0, 0.05) is 17.6 Å². The molecule has 10 heteroatoms. The highest BCUT2D eigenvalue weighted by atomic mass is 35.5. The zero-order valence-corrected chi connectivity index (χ0v) is 24.5. The van der Waals surface area contributed by atoms with E-state index in [0.29, 0.717) is 6.42 Å². The molecule has 0 saturated heterocycles. The van der Waals surface area contributed by atoms with Gasteiger partial charge in [0.05, 0.1) is 15.6 Å². The molecule has 0 radical (unpaired) electrons. The minimum Gasteiger partial charge on any atom is -0.352 e. The van der Waals surface area contributed by atoms with E-state index in [9.17, 15) is 18.0 Å². The van der Waals surface area contributed by atoms with Gasteiger partial charge in [-0.05, 0) is 55.7 Å². The lowest BCUT2D eigenvalue weighted by Gasteiger charge is -2.34. The van der Waals surface area contributed by atoms with E-state index in [0.717, 1.165) is 16.3 Å². The fourth-order valence-electron chi connectivity index (χ4n) is 4.05. The van der Waals surface area contributed by atoms with Crippen molar-refractivity contribution in [2.45, 2.75) is 57.1 Å². The summed E-state index contributed by atoms with van der Waals surface area (Å²) in [6.45, 7) is 5.20. The van der Waals surface area contributed by atoms with Crippen molar-refractivity contribution in [3.63, 3.8) is 0 Å². The van der Waals surface area contributed by atoms with E-state index in [-0.39, 0.29) is 39.1 Å². The summed E-state index contributed by atoms with van der Waals surface area (Å²) in [5, 5.41) is 3.33. The topological polar surface area (TPSA) is 86.8 Å². The van der Waals surface area contributed by atoms with Crippen LogP contribution in [0.25, 0.3) is 0 Å². The summed E-state index contributed by atoms with van der Waals surface area (Å²) < 4.78 is 28.6. The number of carbonyl (C=O) groups is 2. The van der Waals surface area contributed by atoms with E-state index < -0.39 is 28.5 Å². The summed E-state index contributed by atoms with van der Waals surface area (Å²) in [4.78, 5) is 28.7. The summed E-state index contributed by atoms with van der Waals surface area (Å²) in [6, 6.07) is 20.6. The van der Waals surface area contributed by atoms with Crippen LogP contribution in [0.4, 0.5) is 5.69 Å². The Hall–Kier alpha value is -3.07. The molecule has 2 amide bonds. The molecule has 39 heavy (non-hydrogen) atoms. The first-order valence-corrected chi connectivity index (χ1v) is 14.9. The molecule has 0 aliphatic heterocycles. The number of hydrogen-bond acceptors (Lipinski definition) is 4. The van der Waals surface area contributed by atoms with Gasteiger partial charge in [-0.2, -0.15) is 0 Å². The van der Waals surface area contributed by atoms with Crippen LogP contribution in [0.1, 0.15) is 39.2 Å². The van der Waals surface area contributed by atoms with Gasteiger partial charge in [0.25, 0.3) is 10.0 Å². The lowest BCUT2D eigenvalue weighted by Crippen LogP contribution is -2.53. The molecule has 0 spiro atoms. The molecular formula is C29H33Cl2N3O4S. The third-order valence-electron chi connectivity index (χ3n) is 6.37. The molecular weight excluding hydrogens is 557 g/mol. The van der Waals surface area contributed by atoms with Gasteiger partial charge >= 0.3 is 0 Å². The van der Waals surface area contributed by atoms with Crippen molar-refractivity contribution in [3.8, 4) is 0 Å². The molecule has 0 heterocycles. The highest BCUT2D eigenvalue weighted by Gasteiger charge is 2.34. The van der Waals surface area contributed by atoms with Gasteiger partial charge in [-0.25, -0.2) is 8.42 Å². The first-order chi connectivity index (χ1) is 18.6. The smallest absolute Gasteiger partial charge is 0.264 e. The first kappa shape index (κ1) is 30.5. The molecule has 208 valence electrons. The van der Waals surface area contributed by atoms with Crippen molar-refractivity contribution >= 4 is 50.7 Å². The Morgan fingerprint density at radius 2 is 1.51 bits per heavy atom. The summed E-state index contributed by atoms with van der Waals surface area (Å²) in [6.07, 6.45) is 1.06. The van der Waals surface area contributed by atoms with Crippen LogP contribution in [-0.2, 0) is 26.2 Å². The van der Waals surface area contributed by atoms with E-state index in [2.05, 4.69) is 5.32 Å². The maximum absolute atomic E-state index is 14.0. The molecule has 3 rings (SSSR count). The Balaban J connectivity index is 2.07. The normalized spacial score (nSPS) is 12.8. The molecule has 0 aliphatic rings. The van der Waals surface area contributed by atoms with Crippen LogP contribution in [0.5, 0.6) is 0 Å². The van der Waals surface area contributed by atoms with Crippen LogP contribution in [0.2, 0.25) is 10.0 Å². The number of hydrogen-bond donors (Lipinski definition) is 1. The number of rotatable bonds is 12. The second-order valence-corrected chi connectivity index (χ2v) is 11.9. The standard InChI is InChI=1S/C29H33Cl2N3O4S/c1-4-21(3)32-29(36)26(5-2)33(19-22-12-8-6-9-13-22)28(35)20-34(27-18-23(30)16-17-25(27)31)39(37,38)24-14-10-7-11-15-24/h6-18,21,26H,4-5,19-20H2,1-3H3,(H,32,36)/t21-,26+/m1/s1. The molecule has 3 aromatic carbocycles. The number of nitrogens with one attached hydrogen (secondary N) is 1. The third kappa shape index (κ3) is 7.75. The number of sulfonamides is 1. The zero-order valence-electron chi connectivity index (χ0n) is 22.2. The minimum absolute atomic E-state index is 0.00925. The van der Waals surface area contributed by atoms with Gasteiger partial charge in [-0.15, -0.1) is 0 Å². The van der Waals surface area contributed by atoms with Gasteiger partial charge in [0.1, 0.15) is 12.6 Å². The monoisotopic (exact) mass is 589 g/mol. The Morgan fingerprint density at radius 3 is 2.10 bits per heavy atom. The van der Waals surface area contributed by atoms with E-state index in [1.54, 1.807) is 18.2 Å². The Labute approximate surface area is 240 Å². The van der Waals surface area contributed by atoms with E-state index in [4.69, 9.17) is 23.2 Å². The molecule has 1 N–H and O–H groups in total. The molecule has 0 unspecified atom stereocenters. The minimum atomic E-state index is -4.23. The molecule has 2 atom stereocenters. The average molecular weight is 591 g/mol. The van der Waals surface area contributed by atoms with Gasteiger partial charge in [0.15, 0.2) is 0 Å². The highest BCUT2D eigenvalue weighted by Crippen LogP contribution is 2.33. The maximum Gasteiger partial charge on any atom is 0.264 e. The summed E-state index contributed by atoms with van der Waals surface area (Å²) in [7, 11) is -4.23. The van der Waals surface area contributed by atoms with Crippen LogP contribution in [0, 0.1) is 0 Å². The van der Waals surface area contributed by atoms with Gasteiger partial charge < -0.3 is 10.2 Å². The Morgan fingerprint density at radius 1 is 0.897 bits per heavy atom. The van der Waals surface area contributed by atoms with E-state index >= 15 is 0 Å². The quantitative estimate of drug-likeness (QED) is 0.284. The maximum atomic E-state index is 14.0. The van der Waals surface area contributed by atoms with Crippen LogP contribution in [0.15, 0.2) is 83.8 Å². The second-order valence-electron chi connectivity index (χ2n) is 9.17. The molecule has 0 bridgehead atoms. The second kappa shape index (κ2) is 13.8. The molecule has 3 aromatic rings. The molecule has 0 fully saturated rings. The average Bonchev–Trinajstić information content (AvgIpc) is 2.93. The third-order valence-corrected chi connectivity index (χ3v) is 8.70. The van der Waals surface area contributed by atoms with Crippen molar-refractivity contribution in [1.29, 1.82) is 0 Å². The van der Waals surface area contributed by atoms with Gasteiger partial charge in [-0.1, -0.05) is 85.6 Å². The van der Waals surface area contributed by atoms with Crippen molar-refractivity contribution in [3.05, 3.63) is 94.5 Å². The molecule has 7 nitrogen and oxygen atoms in total. The van der Waals surface area contributed by atoms with Crippen molar-refractivity contribution in [2.75, 3.05) is 10.8 Å². The van der Waals surface area contributed by atoms with Crippen molar-refractivity contribution in [1.82, 2.24) is 10.2 Å². The number of halogens is 2. The predicted molar refractivity (Wildman–Crippen MR) is 156 cm³/mol. The molecule has 0 aromatic heterocycles. The Bertz CT molecular complexity index is 1370. The van der Waals surface area contributed by atoms with Crippen LogP contribution in [-0.4, -0.2) is 43.8 Å². The lowest BCUT2D eigenvalue weighted by atomic mass is 10.1. The fraction of sp³-hybridized carbons (Fsp3) is 0.310. The molecule has 0 aliphatic carbocycles. The largest absolute Gasteiger partial charge is 0.352 e.